The fraction of sp³-hybridized carbons (Fsp3) is 0.250. The Bertz CT molecular complexity index is 308. The molecule has 0 saturated carbocycles. The molecule has 0 atom stereocenters. The maximum atomic E-state index is 12.9. The minimum absolute atomic E-state index is 0.0109. The summed E-state index contributed by atoms with van der Waals surface area (Å²) in [7, 11) is 0. The molecule has 1 rings (SSSR count). The van der Waals surface area contributed by atoms with E-state index in [-0.39, 0.29) is 11.6 Å². The van der Waals surface area contributed by atoms with Crippen molar-refractivity contribution in [1.82, 2.24) is 0 Å². The van der Waals surface area contributed by atoms with Crippen LogP contribution in [-0.2, 0) is 0 Å². The second-order valence-corrected chi connectivity index (χ2v) is 3.83. The lowest BCUT2D eigenvalue weighted by Gasteiger charge is -2.06. The number of thioether (sulfide) groups is 1. The largest absolute Gasteiger partial charge is 0.398 e. The van der Waals surface area contributed by atoms with Gasteiger partial charge in [-0.05, 0) is 12.1 Å². The third kappa shape index (κ3) is 2.49. The maximum Gasteiger partial charge on any atom is 0.143 e. The van der Waals surface area contributed by atoms with Crippen molar-refractivity contribution in [3.05, 3.63) is 23.0 Å². The van der Waals surface area contributed by atoms with Gasteiger partial charge in [-0.1, -0.05) is 11.6 Å². The number of nitrogen functional groups attached to an aromatic ring is 1. The van der Waals surface area contributed by atoms with Gasteiger partial charge in [-0.15, -0.1) is 11.8 Å². The van der Waals surface area contributed by atoms with Crippen molar-refractivity contribution < 1.29 is 9.50 Å². The number of aliphatic hydroxyl groups is 1. The van der Waals surface area contributed by atoms with Crippen LogP contribution < -0.4 is 5.73 Å². The van der Waals surface area contributed by atoms with Gasteiger partial charge in [-0.3, -0.25) is 0 Å². The number of nitrogens with two attached hydrogens (primary N) is 1. The Labute approximate surface area is 84.9 Å². The predicted molar refractivity (Wildman–Crippen MR) is 53.6 cm³/mol. The van der Waals surface area contributed by atoms with Crippen LogP contribution in [-0.4, -0.2) is 17.5 Å². The van der Waals surface area contributed by atoms with Crippen LogP contribution in [0.5, 0.6) is 0 Å². The van der Waals surface area contributed by atoms with E-state index in [4.69, 9.17) is 22.4 Å². The molecule has 0 spiro atoms. The Morgan fingerprint density at radius 1 is 1.54 bits per heavy atom. The maximum absolute atomic E-state index is 12.9. The predicted octanol–water partition coefficient (Wildman–Crippen LogP) is 2.15. The van der Waals surface area contributed by atoms with Crippen molar-refractivity contribution in [3.8, 4) is 0 Å². The molecule has 2 nitrogen and oxygen atoms in total. The highest BCUT2D eigenvalue weighted by atomic mass is 35.5. The standard InChI is InChI=1S/C8H9ClFNOS/c9-7-5(10)1-2-6(11)8(7)13-4-3-12/h1-2,12H,3-4,11H2. The summed E-state index contributed by atoms with van der Waals surface area (Å²) in [5.41, 5.74) is 6.01. The van der Waals surface area contributed by atoms with E-state index in [1.165, 1.54) is 23.9 Å². The summed E-state index contributed by atoms with van der Waals surface area (Å²) >= 11 is 6.92. The van der Waals surface area contributed by atoms with Crippen molar-refractivity contribution in [2.45, 2.75) is 4.90 Å². The first kappa shape index (κ1) is 10.6. The molecule has 0 aliphatic rings. The molecule has 0 bridgehead atoms. The molecular formula is C8H9ClFNOS. The summed E-state index contributed by atoms with van der Waals surface area (Å²) in [6, 6.07) is 2.68. The normalized spacial score (nSPS) is 10.4. The quantitative estimate of drug-likeness (QED) is 0.607. The van der Waals surface area contributed by atoms with Gasteiger partial charge in [-0.2, -0.15) is 0 Å². The van der Waals surface area contributed by atoms with E-state index in [9.17, 15) is 4.39 Å². The summed E-state index contributed by atoms with van der Waals surface area (Å²) in [5, 5.41) is 8.61. The number of anilines is 1. The highest BCUT2D eigenvalue weighted by molar-refractivity contribution is 7.99. The molecule has 0 aromatic heterocycles. The topological polar surface area (TPSA) is 46.2 Å². The Morgan fingerprint density at radius 2 is 2.23 bits per heavy atom. The van der Waals surface area contributed by atoms with E-state index in [1.54, 1.807) is 0 Å². The summed E-state index contributed by atoms with van der Waals surface area (Å²) in [6.45, 7) is 0.0109. The van der Waals surface area contributed by atoms with Gasteiger partial charge in [0, 0.05) is 11.4 Å². The van der Waals surface area contributed by atoms with Crippen LogP contribution in [0.4, 0.5) is 10.1 Å². The number of aliphatic hydroxyl groups excluding tert-OH is 1. The minimum atomic E-state index is -0.490. The molecule has 1 aromatic carbocycles. The van der Waals surface area contributed by atoms with Crippen LogP contribution in [0.1, 0.15) is 0 Å². The monoisotopic (exact) mass is 221 g/mol. The van der Waals surface area contributed by atoms with Crippen LogP contribution in [0, 0.1) is 5.82 Å². The fourth-order valence-electron chi connectivity index (χ4n) is 0.841. The van der Waals surface area contributed by atoms with Gasteiger partial charge in [0.1, 0.15) is 5.82 Å². The van der Waals surface area contributed by atoms with Crippen LogP contribution in [0.15, 0.2) is 17.0 Å². The van der Waals surface area contributed by atoms with E-state index < -0.39 is 5.82 Å². The van der Waals surface area contributed by atoms with Crippen molar-refractivity contribution in [2.75, 3.05) is 18.1 Å². The van der Waals surface area contributed by atoms with Crippen LogP contribution >= 0.6 is 23.4 Å². The van der Waals surface area contributed by atoms with Crippen LogP contribution in [0.3, 0.4) is 0 Å². The Morgan fingerprint density at radius 3 is 2.85 bits per heavy atom. The zero-order valence-electron chi connectivity index (χ0n) is 6.76. The van der Waals surface area contributed by atoms with E-state index in [0.717, 1.165) is 0 Å². The minimum Gasteiger partial charge on any atom is -0.398 e. The van der Waals surface area contributed by atoms with E-state index in [2.05, 4.69) is 0 Å². The van der Waals surface area contributed by atoms with E-state index in [0.29, 0.717) is 16.3 Å². The summed E-state index contributed by atoms with van der Waals surface area (Å²) in [6.07, 6.45) is 0. The molecule has 0 unspecified atom stereocenters. The summed E-state index contributed by atoms with van der Waals surface area (Å²) < 4.78 is 12.9. The molecular weight excluding hydrogens is 213 g/mol. The van der Waals surface area contributed by atoms with Gasteiger partial charge < -0.3 is 10.8 Å². The molecule has 3 N–H and O–H groups in total. The molecule has 13 heavy (non-hydrogen) atoms. The van der Waals surface area contributed by atoms with Gasteiger partial charge in [-0.25, -0.2) is 4.39 Å². The Kier molecular flexibility index (Phi) is 3.84. The van der Waals surface area contributed by atoms with Gasteiger partial charge in [0.15, 0.2) is 0 Å². The lowest BCUT2D eigenvalue weighted by Crippen LogP contribution is -1.94. The van der Waals surface area contributed by atoms with Gasteiger partial charge in [0.05, 0.1) is 16.5 Å². The molecule has 0 radical (unpaired) electrons. The first-order valence-corrected chi connectivity index (χ1v) is 5.00. The molecule has 72 valence electrons. The number of benzene rings is 1. The molecule has 1 aromatic rings. The second kappa shape index (κ2) is 4.69. The third-order valence-electron chi connectivity index (χ3n) is 1.42. The zero-order valence-corrected chi connectivity index (χ0v) is 8.33. The second-order valence-electron chi connectivity index (χ2n) is 2.35. The number of halogens is 2. The van der Waals surface area contributed by atoms with Crippen molar-refractivity contribution in [3.63, 3.8) is 0 Å². The molecule has 5 heteroatoms. The SMILES string of the molecule is Nc1ccc(F)c(Cl)c1SCCO. The van der Waals surface area contributed by atoms with Gasteiger partial charge >= 0.3 is 0 Å². The highest BCUT2D eigenvalue weighted by Gasteiger charge is 2.09. The van der Waals surface area contributed by atoms with Crippen LogP contribution in [0.2, 0.25) is 5.02 Å². The van der Waals surface area contributed by atoms with Crippen molar-refractivity contribution >= 4 is 29.1 Å². The lowest BCUT2D eigenvalue weighted by atomic mass is 10.3. The van der Waals surface area contributed by atoms with E-state index >= 15 is 0 Å². The Balaban J connectivity index is 2.96. The fourth-order valence-corrected chi connectivity index (χ4v) is 1.93. The van der Waals surface area contributed by atoms with Gasteiger partial charge in [0.2, 0.25) is 0 Å². The number of rotatable bonds is 3. The average Bonchev–Trinajstić information content (AvgIpc) is 2.12. The van der Waals surface area contributed by atoms with Crippen molar-refractivity contribution in [1.29, 1.82) is 0 Å². The zero-order chi connectivity index (χ0) is 9.84. The number of hydrogen-bond acceptors (Lipinski definition) is 3. The first-order valence-electron chi connectivity index (χ1n) is 3.64. The van der Waals surface area contributed by atoms with E-state index in [1.807, 2.05) is 0 Å². The highest BCUT2D eigenvalue weighted by Crippen LogP contribution is 2.34. The first-order chi connectivity index (χ1) is 6.16. The molecule has 0 fully saturated rings. The Hall–Kier alpha value is -0.450. The molecule has 0 amide bonds. The van der Waals surface area contributed by atoms with Crippen molar-refractivity contribution in [2.24, 2.45) is 0 Å². The molecule has 0 heterocycles. The number of hydrogen-bond donors (Lipinski definition) is 2. The van der Waals surface area contributed by atoms with Gasteiger partial charge in [0.25, 0.3) is 0 Å². The molecule has 0 aliphatic heterocycles. The molecule has 0 saturated heterocycles. The molecule has 0 aliphatic carbocycles. The third-order valence-corrected chi connectivity index (χ3v) is 3.01. The summed E-state index contributed by atoms with van der Waals surface area (Å²) in [5.74, 6) is -0.0378. The summed E-state index contributed by atoms with van der Waals surface area (Å²) in [4.78, 5) is 0.496. The van der Waals surface area contributed by atoms with Crippen LogP contribution in [0.25, 0.3) is 0 Å². The lowest BCUT2D eigenvalue weighted by molar-refractivity contribution is 0.322. The average molecular weight is 222 g/mol. The smallest absolute Gasteiger partial charge is 0.143 e.